The van der Waals surface area contributed by atoms with Gasteiger partial charge in [-0.1, -0.05) is 93.6 Å². The van der Waals surface area contributed by atoms with Gasteiger partial charge in [-0.05, 0) is 65.1 Å². The molecule has 1 aromatic heterocycles. The number of aromatic nitrogens is 3. The van der Waals surface area contributed by atoms with Gasteiger partial charge in [0.2, 0.25) is 0 Å². The molecule has 0 aliphatic heterocycles. The molecule has 0 spiro atoms. The summed E-state index contributed by atoms with van der Waals surface area (Å²) >= 11 is 1.57. The van der Waals surface area contributed by atoms with Crippen molar-refractivity contribution in [2.24, 2.45) is 7.05 Å². The molecule has 4 aromatic carbocycles. The topological polar surface area (TPSA) is 78.3 Å². The number of anilines is 1. The molecular formula is C38H42N4O3S. The summed E-state index contributed by atoms with van der Waals surface area (Å²) in [6.07, 6.45) is 1.08. The molecule has 46 heavy (non-hydrogen) atoms. The highest BCUT2D eigenvalue weighted by molar-refractivity contribution is 7.99. The van der Waals surface area contributed by atoms with E-state index in [0.717, 1.165) is 50.4 Å². The average molecular weight is 635 g/mol. The third-order valence-corrected chi connectivity index (χ3v) is 8.70. The van der Waals surface area contributed by atoms with Crippen LogP contribution in [0.5, 0.6) is 5.75 Å². The van der Waals surface area contributed by atoms with Crippen LogP contribution in [-0.4, -0.2) is 33.9 Å². The molecule has 0 atom stereocenters. The Kier molecular flexibility index (Phi) is 10.8. The van der Waals surface area contributed by atoms with Crippen molar-refractivity contribution < 1.29 is 14.3 Å². The van der Waals surface area contributed by atoms with Crippen molar-refractivity contribution in [3.05, 3.63) is 119 Å². The first-order chi connectivity index (χ1) is 22.2. The Morgan fingerprint density at radius 2 is 1.63 bits per heavy atom. The standard InChI is InChI=1S/C38H42N4O3S/c1-6-44-35(43)24-28-12-19-32(20-13-28)39-26-30-16-21-33(25-34(30)45-23-22-27-10-8-7-9-11-27)46-37-41-40-36(42(37)5)29-14-17-31(18-15-29)38(2,3)4/h7-21,25,39H,6,22-24,26H2,1-5H3. The molecule has 0 unspecified atom stereocenters. The fourth-order valence-electron chi connectivity index (χ4n) is 5.00. The molecule has 1 N–H and O–H groups in total. The van der Waals surface area contributed by atoms with Gasteiger partial charge in [-0.25, -0.2) is 0 Å². The molecule has 0 bridgehead atoms. The van der Waals surface area contributed by atoms with Crippen LogP contribution in [0.2, 0.25) is 0 Å². The zero-order chi connectivity index (χ0) is 32.5. The third kappa shape index (κ3) is 8.79. The van der Waals surface area contributed by atoms with Crippen molar-refractivity contribution in [2.75, 3.05) is 18.5 Å². The van der Waals surface area contributed by atoms with Crippen molar-refractivity contribution >= 4 is 23.4 Å². The van der Waals surface area contributed by atoms with Crippen molar-refractivity contribution in [1.82, 2.24) is 14.8 Å². The fourth-order valence-corrected chi connectivity index (χ4v) is 5.82. The summed E-state index contributed by atoms with van der Waals surface area (Å²) in [6.45, 7) is 9.99. The number of nitrogens with zero attached hydrogens (tertiary/aromatic N) is 3. The van der Waals surface area contributed by atoms with Gasteiger partial charge in [0, 0.05) is 41.7 Å². The van der Waals surface area contributed by atoms with Crippen LogP contribution in [0, 0.1) is 0 Å². The van der Waals surface area contributed by atoms with Crippen molar-refractivity contribution in [1.29, 1.82) is 0 Å². The highest BCUT2D eigenvalue weighted by atomic mass is 32.2. The highest BCUT2D eigenvalue weighted by Crippen LogP contribution is 2.33. The summed E-state index contributed by atoms with van der Waals surface area (Å²) in [5.41, 5.74) is 6.58. The van der Waals surface area contributed by atoms with E-state index in [4.69, 9.17) is 9.47 Å². The summed E-state index contributed by atoms with van der Waals surface area (Å²) in [5.74, 6) is 1.44. The van der Waals surface area contributed by atoms with Crippen LogP contribution >= 0.6 is 11.8 Å². The molecule has 8 heteroatoms. The Hall–Kier alpha value is -4.56. The zero-order valence-electron chi connectivity index (χ0n) is 27.2. The molecule has 0 fully saturated rings. The van der Waals surface area contributed by atoms with E-state index in [1.807, 2.05) is 61.0 Å². The molecular weight excluding hydrogens is 593 g/mol. The van der Waals surface area contributed by atoms with Gasteiger partial charge in [0.1, 0.15) is 5.75 Å². The van der Waals surface area contributed by atoms with Crippen molar-refractivity contribution in [3.8, 4) is 17.1 Å². The van der Waals surface area contributed by atoms with Crippen molar-refractivity contribution in [3.63, 3.8) is 0 Å². The number of carbonyl (C=O) groups excluding carboxylic acids is 1. The minimum absolute atomic E-state index is 0.0952. The van der Waals surface area contributed by atoms with Gasteiger partial charge in [0.15, 0.2) is 11.0 Å². The first-order valence-electron chi connectivity index (χ1n) is 15.7. The van der Waals surface area contributed by atoms with Crippen molar-refractivity contribution in [2.45, 2.75) is 62.5 Å². The summed E-state index contributed by atoms with van der Waals surface area (Å²) < 4.78 is 13.5. The van der Waals surface area contributed by atoms with E-state index in [-0.39, 0.29) is 17.8 Å². The molecule has 1 heterocycles. The van der Waals surface area contributed by atoms with E-state index in [1.165, 1.54) is 11.1 Å². The van der Waals surface area contributed by atoms with Gasteiger partial charge in [0.05, 0.1) is 19.6 Å². The van der Waals surface area contributed by atoms with Crippen LogP contribution < -0.4 is 10.1 Å². The zero-order valence-corrected chi connectivity index (χ0v) is 28.1. The minimum Gasteiger partial charge on any atom is -0.493 e. The van der Waals surface area contributed by atoms with Crippen LogP contribution in [0.15, 0.2) is 107 Å². The second-order valence-electron chi connectivity index (χ2n) is 12.2. The smallest absolute Gasteiger partial charge is 0.310 e. The van der Waals surface area contributed by atoms with E-state index in [2.05, 4.69) is 90.9 Å². The Balaban J connectivity index is 1.30. The average Bonchev–Trinajstić information content (AvgIpc) is 3.41. The van der Waals surface area contributed by atoms with Gasteiger partial charge in [0.25, 0.3) is 0 Å². The quantitative estimate of drug-likeness (QED) is 0.131. The van der Waals surface area contributed by atoms with Gasteiger partial charge < -0.3 is 19.4 Å². The lowest BCUT2D eigenvalue weighted by atomic mass is 9.87. The molecule has 238 valence electrons. The summed E-state index contributed by atoms with van der Waals surface area (Å²) in [6, 6.07) is 33.1. The minimum atomic E-state index is -0.217. The van der Waals surface area contributed by atoms with E-state index >= 15 is 0 Å². The van der Waals surface area contributed by atoms with E-state index in [1.54, 1.807) is 11.8 Å². The lowest BCUT2D eigenvalue weighted by Gasteiger charge is -2.19. The normalized spacial score (nSPS) is 11.3. The van der Waals surface area contributed by atoms with E-state index in [0.29, 0.717) is 19.8 Å². The van der Waals surface area contributed by atoms with Crippen LogP contribution in [0.1, 0.15) is 49.9 Å². The monoisotopic (exact) mass is 634 g/mol. The molecule has 0 aliphatic carbocycles. The van der Waals surface area contributed by atoms with Crippen LogP contribution in [0.4, 0.5) is 5.69 Å². The number of hydrogen-bond donors (Lipinski definition) is 1. The largest absolute Gasteiger partial charge is 0.493 e. The third-order valence-electron chi connectivity index (χ3n) is 7.67. The lowest BCUT2D eigenvalue weighted by Crippen LogP contribution is -2.10. The van der Waals surface area contributed by atoms with E-state index in [9.17, 15) is 4.79 Å². The van der Waals surface area contributed by atoms with E-state index < -0.39 is 0 Å². The van der Waals surface area contributed by atoms with Gasteiger partial charge >= 0.3 is 5.97 Å². The fraction of sp³-hybridized carbons (Fsp3) is 0.289. The second kappa shape index (κ2) is 15.1. The first kappa shape index (κ1) is 32.8. The molecule has 5 aromatic rings. The number of benzene rings is 4. The summed E-state index contributed by atoms with van der Waals surface area (Å²) in [7, 11) is 2.00. The Morgan fingerprint density at radius 3 is 2.33 bits per heavy atom. The summed E-state index contributed by atoms with van der Waals surface area (Å²) in [4.78, 5) is 12.8. The SMILES string of the molecule is CCOC(=O)Cc1ccc(NCc2ccc(Sc3nnc(-c4ccc(C(C)(C)C)cc4)n3C)cc2OCCc2ccccc2)cc1. The van der Waals surface area contributed by atoms with Crippen LogP contribution in [-0.2, 0) is 41.4 Å². The highest BCUT2D eigenvalue weighted by Gasteiger charge is 2.17. The first-order valence-corrected chi connectivity index (χ1v) is 16.5. The molecule has 0 amide bonds. The number of carbonyl (C=O) groups is 1. The molecule has 5 rings (SSSR count). The Labute approximate surface area is 276 Å². The van der Waals surface area contributed by atoms with Gasteiger partial charge in [-0.3, -0.25) is 4.79 Å². The van der Waals surface area contributed by atoms with Gasteiger partial charge in [-0.15, -0.1) is 10.2 Å². The molecule has 7 nitrogen and oxygen atoms in total. The van der Waals surface area contributed by atoms with Crippen LogP contribution in [0.25, 0.3) is 11.4 Å². The van der Waals surface area contributed by atoms with Crippen LogP contribution in [0.3, 0.4) is 0 Å². The number of hydrogen-bond acceptors (Lipinski definition) is 7. The summed E-state index contributed by atoms with van der Waals surface area (Å²) in [5, 5.41) is 13.3. The molecule has 0 radical (unpaired) electrons. The predicted octanol–water partition coefficient (Wildman–Crippen LogP) is 8.27. The molecule has 0 saturated carbocycles. The second-order valence-corrected chi connectivity index (χ2v) is 13.2. The Bertz CT molecular complexity index is 1730. The van der Waals surface area contributed by atoms with Gasteiger partial charge in [-0.2, -0.15) is 0 Å². The molecule has 0 saturated heterocycles. The number of ether oxygens (including phenoxy) is 2. The molecule has 0 aliphatic rings. The predicted molar refractivity (Wildman–Crippen MR) is 185 cm³/mol. The maximum absolute atomic E-state index is 11.8. The number of esters is 1. The number of nitrogens with one attached hydrogen (secondary N) is 1. The number of rotatable bonds is 13. The maximum Gasteiger partial charge on any atom is 0.310 e. The Morgan fingerprint density at radius 1 is 0.891 bits per heavy atom. The maximum atomic E-state index is 11.8. The lowest BCUT2D eigenvalue weighted by molar-refractivity contribution is -0.142.